The Hall–Kier alpha value is -2.23. The minimum Gasteiger partial charge on any atom is -0.334 e. The van der Waals surface area contributed by atoms with E-state index in [0.717, 1.165) is 37.1 Å². The molecule has 1 amide bonds. The van der Waals surface area contributed by atoms with Crippen LogP contribution in [-0.2, 0) is 17.8 Å². The van der Waals surface area contributed by atoms with Crippen LogP contribution in [-0.4, -0.2) is 26.8 Å². The standard InChI is InChI=1S/C20H25N3O/c24-20(13-7-10-17-8-3-5-14-21-17)23(19-11-1-2-12-19)16-18-9-4-6-15-22-18/h3-6,8-9,14-15,19H,1-2,7,10-13,16H2. The van der Waals surface area contributed by atoms with Gasteiger partial charge in [-0.2, -0.15) is 0 Å². The summed E-state index contributed by atoms with van der Waals surface area (Å²) in [6.07, 6.45) is 10.6. The first-order valence-electron chi connectivity index (χ1n) is 8.92. The van der Waals surface area contributed by atoms with Crippen LogP contribution in [0, 0.1) is 0 Å². The molecule has 0 aromatic carbocycles. The average Bonchev–Trinajstić information content (AvgIpc) is 3.16. The third-order valence-electron chi connectivity index (χ3n) is 4.69. The first kappa shape index (κ1) is 16.6. The number of carbonyl (C=O) groups excluding carboxylic acids is 1. The van der Waals surface area contributed by atoms with E-state index in [9.17, 15) is 4.79 Å². The maximum Gasteiger partial charge on any atom is 0.223 e. The molecule has 0 bridgehead atoms. The van der Waals surface area contributed by atoms with E-state index in [4.69, 9.17) is 0 Å². The smallest absolute Gasteiger partial charge is 0.223 e. The van der Waals surface area contributed by atoms with Crippen molar-refractivity contribution < 1.29 is 4.79 Å². The molecule has 126 valence electrons. The number of hydrogen-bond donors (Lipinski definition) is 0. The van der Waals surface area contributed by atoms with E-state index in [0.29, 0.717) is 19.0 Å². The predicted octanol–water partition coefficient (Wildman–Crippen LogP) is 3.77. The van der Waals surface area contributed by atoms with Gasteiger partial charge in [0.2, 0.25) is 5.91 Å². The number of pyridine rings is 2. The second-order valence-corrected chi connectivity index (χ2v) is 6.46. The van der Waals surface area contributed by atoms with Crippen molar-refractivity contribution in [1.29, 1.82) is 0 Å². The average molecular weight is 323 g/mol. The van der Waals surface area contributed by atoms with Gasteiger partial charge in [-0.1, -0.05) is 25.0 Å². The molecule has 4 heteroatoms. The lowest BCUT2D eigenvalue weighted by Gasteiger charge is -2.29. The fraction of sp³-hybridized carbons (Fsp3) is 0.450. The van der Waals surface area contributed by atoms with Gasteiger partial charge in [-0.15, -0.1) is 0 Å². The zero-order chi connectivity index (χ0) is 16.6. The highest BCUT2D eigenvalue weighted by Gasteiger charge is 2.26. The first-order valence-corrected chi connectivity index (χ1v) is 8.92. The van der Waals surface area contributed by atoms with Crippen molar-refractivity contribution in [1.82, 2.24) is 14.9 Å². The maximum atomic E-state index is 12.8. The van der Waals surface area contributed by atoms with Gasteiger partial charge < -0.3 is 4.90 Å². The van der Waals surface area contributed by atoms with E-state index in [-0.39, 0.29) is 5.91 Å². The van der Waals surface area contributed by atoms with Crippen molar-refractivity contribution in [2.75, 3.05) is 0 Å². The molecule has 1 aliphatic rings. The molecule has 2 heterocycles. The van der Waals surface area contributed by atoms with Crippen LogP contribution in [0.1, 0.15) is 49.9 Å². The van der Waals surface area contributed by atoms with Crippen molar-refractivity contribution in [2.45, 2.75) is 57.5 Å². The van der Waals surface area contributed by atoms with E-state index in [1.54, 1.807) is 6.20 Å². The Bertz CT molecular complexity index is 624. The van der Waals surface area contributed by atoms with Gasteiger partial charge in [0, 0.05) is 30.6 Å². The van der Waals surface area contributed by atoms with Crippen LogP contribution in [0.3, 0.4) is 0 Å². The highest BCUT2D eigenvalue weighted by Crippen LogP contribution is 2.25. The molecule has 0 radical (unpaired) electrons. The number of carbonyl (C=O) groups is 1. The number of rotatable bonds is 7. The van der Waals surface area contributed by atoms with Crippen LogP contribution >= 0.6 is 0 Å². The molecule has 1 aliphatic carbocycles. The SMILES string of the molecule is O=C(CCCc1ccccn1)N(Cc1ccccn1)C1CCCC1. The van der Waals surface area contributed by atoms with Gasteiger partial charge in [0.15, 0.2) is 0 Å². The Morgan fingerprint density at radius 2 is 1.67 bits per heavy atom. The fourth-order valence-corrected chi connectivity index (χ4v) is 3.41. The topological polar surface area (TPSA) is 46.1 Å². The Kier molecular flexibility index (Phi) is 5.94. The van der Waals surface area contributed by atoms with Crippen LogP contribution in [0.4, 0.5) is 0 Å². The van der Waals surface area contributed by atoms with Gasteiger partial charge in [-0.25, -0.2) is 0 Å². The van der Waals surface area contributed by atoms with Crippen molar-refractivity contribution in [3.8, 4) is 0 Å². The lowest BCUT2D eigenvalue weighted by atomic mass is 10.1. The molecule has 0 spiro atoms. The molecule has 0 aliphatic heterocycles. The number of aromatic nitrogens is 2. The van der Waals surface area contributed by atoms with Crippen LogP contribution < -0.4 is 0 Å². The lowest BCUT2D eigenvalue weighted by molar-refractivity contribution is -0.134. The summed E-state index contributed by atoms with van der Waals surface area (Å²) in [6, 6.07) is 12.2. The maximum absolute atomic E-state index is 12.8. The highest BCUT2D eigenvalue weighted by molar-refractivity contribution is 5.76. The third-order valence-corrected chi connectivity index (χ3v) is 4.69. The normalized spacial score (nSPS) is 14.7. The van der Waals surface area contributed by atoms with E-state index in [1.807, 2.05) is 42.6 Å². The number of aryl methyl sites for hydroxylation is 1. The molecule has 0 saturated heterocycles. The van der Waals surface area contributed by atoms with Gasteiger partial charge in [0.25, 0.3) is 0 Å². The summed E-state index contributed by atoms with van der Waals surface area (Å²) < 4.78 is 0. The predicted molar refractivity (Wildman–Crippen MR) is 94.2 cm³/mol. The Morgan fingerprint density at radius 1 is 1.00 bits per heavy atom. The Morgan fingerprint density at radius 3 is 2.29 bits per heavy atom. The van der Waals surface area contributed by atoms with Gasteiger partial charge in [0.05, 0.1) is 12.2 Å². The molecule has 3 rings (SSSR count). The number of amides is 1. The second-order valence-electron chi connectivity index (χ2n) is 6.46. The first-order chi connectivity index (χ1) is 11.8. The van der Waals surface area contributed by atoms with E-state index in [2.05, 4.69) is 14.9 Å². The molecule has 2 aromatic rings. The van der Waals surface area contributed by atoms with Crippen molar-refractivity contribution in [3.63, 3.8) is 0 Å². The number of hydrogen-bond acceptors (Lipinski definition) is 3. The quantitative estimate of drug-likeness (QED) is 0.779. The van der Waals surface area contributed by atoms with Crippen molar-refractivity contribution in [3.05, 3.63) is 60.2 Å². The van der Waals surface area contributed by atoms with Crippen LogP contribution in [0.15, 0.2) is 48.8 Å². The summed E-state index contributed by atoms with van der Waals surface area (Å²) in [5, 5.41) is 0. The summed E-state index contributed by atoms with van der Waals surface area (Å²) in [5.74, 6) is 0.253. The monoisotopic (exact) mass is 323 g/mol. The summed E-state index contributed by atoms with van der Waals surface area (Å²) in [7, 11) is 0. The van der Waals surface area contributed by atoms with Crippen LogP contribution in [0.25, 0.3) is 0 Å². The van der Waals surface area contributed by atoms with E-state index < -0.39 is 0 Å². The minimum atomic E-state index is 0.253. The number of nitrogens with zero attached hydrogens (tertiary/aromatic N) is 3. The summed E-state index contributed by atoms with van der Waals surface area (Å²) >= 11 is 0. The van der Waals surface area contributed by atoms with Crippen LogP contribution in [0.2, 0.25) is 0 Å². The summed E-state index contributed by atoms with van der Waals surface area (Å²) in [4.78, 5) is 23.6. The van der Waals surface area contributed by atoms with Gasteiger partial charge in [-0.3, -0.25) is 14.8 Å². The lowest BCUT2D eigenvalue weighted by Crippen LogP contribution is -2.38. The zero-order valence-electron chi connectivity index (χ0n) is 14.1. The van der Waals surface area contributed by atoms with Gasteiger partial charge >= 0.3 is 0 Å². The highest BCUT2D eigenvalue weighted by atomic mass is 16.2. The van der Waals surface area contributed by atoms with E-state index in [1.165, 1.54) is 12.8 Å². The molecule has 0 unspecified atom stereocenters. The largest absolute Gasteiger partial charge is 0.334 e. The van der Waals surface area contributed by atoms with Crippen molar-refractivity contribution >= 4 is 5.91 Å². The molecular weight excluding hydrogens is 298 g/mol. The molecule has 24 heavy (non-hydrogen) atoms. The minimum absolute atomic E-state index is 0.253. The molecule has 0 atom stereocenters. The summed E-state index contributed by atoms with van der Waals surface area (Å²) in [6.45, 7) is 0.633. The Balaban J connectivity index is 1.58. The molecular formula is C20H25N3O. The molecule has 1 saturated carbocycles. The van der Waals surface area contributed by atoms with Crippen LogP contribution in [0.5, 0.6) is 0 Å². The third kappa shape index (κ3) is 4.63. The summed E-state index contributed by atoms with van der Waals surface area (Å²) in [5.41, 5.74) is 2.03. The van der Waals surface area contributed by atoms with E-state index >= 15 is 0 Å². The zero-order valence-corrected chi connectivity index (χ0v) is 14.1. The second kappa shape index (κ2) is 8.57. The fourth-order valence-electron chi connectivity index (χ4n) is 3.41. The molecule has 4 nitrogen and oxygen atoms in total. The molecule has 1 fully saturated rings. The van der Waals surface area contributed by atoms with Gasteiger partial charge in [-0.05, 0) is 49.9 Å². The molecule has 0 N–H and O–H groups in total. The Labute approximate surface area is 143 Å². The van der Waals surface area contributed by atoms with Gasteiger partial charge in [0.1, 0.15) is 0 Å². The molecule has 2 aromatic heterocycles. The van der Waals surface area contributed by atoms with Crippen molar-refractivity contribution in [2.24, 2.45) is 0 Å².